The third-order valence-corrected chi connectivity index (χ3v) is 5.36. The van der Waals surface area contributed by atoms with Crippen LogP contribution < -0.4 is 9.47 Å². The highest BCUT2D eigenvalue weighted by molar-refractivity contribution is 7.99. The number of carbonyl (C=O) groups excluding carboxylic acids is 1. The highest BCUT2D eigenvalue weighted by Crippen LogP contribution is 2.31. The van der Waals surface area contributed by atoms with Crippen LogP contribution in [0.2, 0.25) is 0 Å². The molecule has 0 saturated heterocycles. The van der Waals surface area contributed by atoms with E-state index in [0.717, 1.165) is 12.0 Å². The number of rotatable bonds is 5. The summed E-state index contributed by atoms with van der Waals surface area (Å²) in [6.07, 6.45) is 0.816. The van der Waals surface area contributed by atoms with E-state index in [1.807, 2.05) is 7.05 Å². The Morgan fingerprint density at radius 3 is 2.64 bits per heavy atom. The number of Topliss-reactive ketones (excluding diaryl/α,β-unsaturated/α-hetero) is 1. The molecule has 8 heteroatoms. The van der Waals surface area contributed by atoms with E-state index in [1.54, 1.807) is 34.9 Å². The molecule has 0 aliphatic carbocycles. The molecule has 2 heterocycles. The van der Waals surface area contributed by atoms with Crippen LogP contribution >= 0.6 is 11.8 Å². The third kappa shape index (κ3) is 3.87. The van der Waals surface area contributed by atoms with Gasteiger partial charge in [0.1, 0.15) is 5.82 Å². The van der Waals surface area contributed by atoms with Gasteiger partial charge in [0.05, 0.1) is 19.0 Å². The second kappa shape index (κ2) is 8.02. The van der Waals surface area contributed by atoms with Crippen LogP contribution in [0.1, 0.15) is 16.8 Å². The van der Waals surface area contributed by atoms with Crippen LogP contribution in [0.25, 0.3) is 11.4 Å². The molecule has 1 aromatic heterocycles. The number of hydrogen-bond acceptors (Lipinski definition) is 6. The smallest absolute Gasteiger partial charge is 0.191 e. The van der Waals surface area contributed by atoms with E-state index < -0.39 is 0 Å². The third-order valence-electron chi connectivity index (χ3n) is 4.34. The van der Waals surface area contributed by atoms with Crippen molar-refractivity contribution in [2.75, 3.05) is 19.0 Å². The van der Waals surface area contributed by atoms with E-state index in [-0.39, 0.29) is 17.4 Å². The molecule has 1 aliphatic heterocycles. The van der Waals surface area contributed by atoms with Gasteiger partial charge in [-0.1, -0.05) is 11.8 Å². The summed E-state index contributed by atoms with van der Waals surface area (Å²) in [6.45, 7) is 1.18. The van der Waals surface area contributed by atoms with Gasteiger partial charge >= 0.3 is 0 Å². The Bertz CT molecular complexity index is 1000. The van der Waals surface area contributed by atoms with Gasteiger partial charge in [0.2, 0.25) is 0 Å². The van der Waals surface area contributed by atoms with Gasteiger partial charge < -0.3 is 14.0 Å². The van der Waals surface area contributed by atoms with Crippen LogP contribution in [-0.2, 0) is 7.05 Å². The summed E-state index contributed by atoms with van der Waals surface area (Å²) in [6, 6.07) is 11.3. The molecule has 3 aromatic rings. The first-order valence-electron chi connectivity index (χ1n) is 8.83. The van der Waals surface area contributed by atoms with E-state index >= 15 is 0 Å². The largest absolute Gasteiger partial charge is 0.490 e. The summed E-state index contributed by atoms with van der Waals surface area (Å²) in [5.74, 6) is 1.76. The molecule has 0 atom stereocenters. The lowest BCUT2D eigenvalue weighted by Gasteiger charge is -2.09. The number of ketones is 1. The van der Waals surface area contributed by atoms with Gasteiger partial charge in [0.25, 0.3) is 0 Å². The molecular weight excluding hydrogens is 381 g/mol. The van der Waals surface area contributed by atoms with Crippen molar-refractivity contribution in [3.05, 3.63) is 53.8 Å². The van der Waals surface area contributed by atoms with Crippen LogP contribution in [0.15, 0.2) is 47.6 Å². The minimum absolute atomic E-state index is 0.0352. The Morgan fingerprint density at radius 2 is 1.86 bits per heavy atom. The van der Waals surface area contributed by atoms with Crippen molar-refractivity contribution in [3.63, 3.8) is 0 Å². The first kappa shape index (κ1) is 18.5. The van der Waals surface area contributed by atoms with E-state index in [9.17, 15) is 9.18 Å². The van der Waals surface area contributed by atoms with E-state index in [4.69, 9.17) is 9.47 Å². The minimum atomic E-state index is -0.304. The zero-order valence-electron chi connectivity index (χ0n) is 15.2. The molecule has 4 rings (SSSR count). The maximum absolute atomic E-state index is 13.1. The molecule has 0 radical (unpaired) electrons. The summed E-state index contributed by atoms with van der Waals surface area (Å²) in [4.78, 5) is 12.6. The quantitative estimate of drug-likeness (QED) is 0.481. The summed E-state index contributed by atoms with van der Waals surface area (Å²) in [5.41, 5.74) is 1.33. The highest BCUT2D eigenvalue weighted by Gasteiger charge is 2.17. The first-order valence-corrected chi connectivity index (χ1v) is 9.81. The number of carbonyl (C=O) groups is 1. The van der Waals surface area contributed by atoms with Gasteiger partial charge in [-0.05, 0) is 42.5 Å². The Labute approximate surface area is 165 Å². The molecular formula is C20H18FN3O3S. The van der Waals surface area contributed by atoms with Gasteiger partial charge in [-0.3, -0.25) is 4.79 Å². The summed E-state index contributed by atoms with van der Waals surface area (Å²) < 4.78 is 26.1. The Kier molecular flexibility index (Phi) is 5.29. The second-order valence-corrected chi connectivity index (χ2v) is 7.24. The van der Waals surface area contributed by atoms with Gasteiger partial charge in [0.15, 0.2) is 28.3 Å². The molecule has 0 fully saturated rings. The summed E-state index contributed by atoms with van der Waals surface area (Å²) >= 11 is 1.30. The van der Waals surface area contributed by atoms with Gasteiger partial charge in [-0.15, -0.1) is 10.2 Å². The Morgan fingerprint density at radius 1 is 1.11 bits per heavy atom. The summed E-state index contributed by atoms with van der Waals surface area (Å²) in [5, 5.41) is 8.92. The molecule has 0 spiro atoms. The van der Waals surface area contributed by atoms with Crippen molar-refractivity contribution in [2.24, 2.45) is 7.05 Å². The molecule has 0 bridgehead atoms. The molecule has 2 aromatic carbocycles. The summed E-state index contributed by atoms with van der Waals surface area (Å²) in [7, 11) is 1.82. The first-order chi connectivity index (χ1) is 13.6. The molecule has 28 heavy (non-hydrogen) atoms. The molecule has 0 amide bonds. The normalized spacial score (nSPS) is 13.2. The van der Waals surface area contributed by atoms with Crippen molar-refractivity contribution in [2.45, 2.75) is 11.6 Å². The van der Waals surface area contributed by atoms with Crippen LogP contribution in [-0.4, -0.2) is 39.5 Å². The molecule has 6 nitrogen and oxygen atoms in total. The lowest BCUT2D eigenvalue weighted by molar-refractivity contribution is 0.102. The maximum Gasteiger partial charge on any atom is 0.191 e. The number of aromatic nitrogens is 3. The molecule has 144 valence electrons. The van der Waals surface area contributed by atoms with Crippen LogP contribution in [0.3, 0.4) is 0 Å². The topological polar surface area (TPSA) is 66.2 Å². The lowest BCUT2D eigenvalue weighted by Crippen LogP contribution is -2.05. The lowest BCUT2D eigenvalue weighted by atomic mass is 10.1. The van der Waals surface area contributed by atoms with Crippen molar-refractivity contribution in [1.82, 2.24) is 14.8 Å². The zero-order valence-corrected chi connectivity index (χ0v) is 16.0. The fourth-order valence-electron chi connectivity index (χ4n) is 2.84. The van der Waals surface area contributed by atoms with Crippen LogP contribution in [0, 0.1) is 5.82 Å². The van der Waals surface area contributed by atoms with Gasteiger partial charge in [-0.25, -0.2) is 4.39 Å². The molecule has 0 N–H and O–H groups in total. The van der Waals surface area contributed by atoms with Gasteiger partial charge in [0, 0.05) is 24.6 Å². The number of nitrogens with zero attached hydrogens (tertiary/aromatic N) is 3. The highest BCUT2D eigenvalue weighted by atomic mass is 32.2. The monoisotopic (exact) mass is 399 g/mol. The fraction of sp³-hybridized carbons (Fsp3) is 0.250. The number of thioether (sulfide) groups is 1. The average Bonchev–Trinajstić information content (AvgIpc) is 2.92. The van der Waals surface area contributed by atoms with Crippen LogP contribution in [0.4, 0.5) is 4.39 Å². The Hall–Kier alpha value is -2.87. The molecule has 0 saturated carbocycles. The number of ether oxygens (including phenoxy) is 2. The number of hydrogen-bond donors (Lipinski definition) is 0. The van der Waals surface area contributed by atoms with Crippen molar-refractivity contribution in [3.8, 4) is 22.9 Å². The van der Waals surface area contributed by atoms with E-state index in [2.05, 4.69) is 10.2 Å². The number of halogens is 1. The fourth-order valence-corrected chi connectivity index (χ4v) is 3.65. The SMILES string of the molecule is Cn1c(SCC(=O)c2ccc3c(c2)OCCCO3)nnc1-c1ccc(F)cc1. The van der Waals surface area contributed by atoms with Crippen molar-refractivity contribution in [1.29, 1.82) is 0 Å². The predicted octanol–water partition coefficient (Wildman–Crippen LogP) is 3.76. The number of fused-ring (bicyclic) bond motifs is 1. The van der Waals surface area contributed by atoms with Crippen molar-refractivity contribution >= 4 is 17.5 Å². The number of benzene rings is 2. The van der Waals surface area contributed by atoms with Crippen molar-refractivity contribution < 1.29 is 18.7 Å². The second-order valence-electron chi connectivity index (χ2n) is 6.30. The molecule has 1 aliphatic rings. The zero-order chi connectivity index (χ0) is 19.5. The van der Waals surface area contributed by atoms with Gasteiger partial charge in [-0.2, -0.15) is 0 Å². The standard InChI is InChI=1S/C20H18FN3O3S/c1-24-19(13-3-6-15(21)7-4-13)22-23-20(24)28-12-16(25)14-5-8-17-18(11-14)27-10-2-9-26-17/h3-8,11H,2,9-10,12H2,1H3. The average molecular weight is 399 g/mol. The minimum Gasteiger partial charge on any atom is -0.490 e. The Balaban J connectivity index is 1.45. The van der Waals surface area contributed by atoms with Crippen LogP contribution in [0.5, 0.6) is 11.5 Å². The molecule has 0 unspecified atom stereocenters. The predicted molar refractivity (Wildman–Crippen MR) is 104 cm³/mol. The van der Waals surface area contributed by atoms with E-state index in [0.29, 0.717) is 41.3 Å². The van der Waals surface area contributed by atoms with E-state index in [1.165, 1.54) is 23.9 Å². The maximum atomic E-state index is 13.1.